The molecule has 26 heavy (non-hydrogen) atoms. The van der Waals surface area contributed by atoms with Crippen LogP contribution in [-0.2, 0) is 13.5 Å². The number of pyridine rings is 1. The molecule has 5 rings (SSSR count). The van der Waals surface area contributed by atoms with Gasteiger partial charge in [0.05, 0.1) is 35.3 Å². The van der Waals surface area contributed by atoms with Crippen molar-refractivity contribution < 1.29 is 4.42 Å². The molecule has 2 aromatic carbocycles. The molecule has 0 aliphatic carbocycles. The van der Waals surface area contributed by atoms with Gasteiger partial charge in [0.25, 0.3) is 0 Å². The van der Waals surface area contributed by atoms with Crippen LogP contribution >= 0.6 is 0 Å². The van der Waals surface area contributed by atoms with E-state index in [-0.39, 0.29) is 0 Å². The summed E-state index contributed by atoms with van der Waals surface area (Å²) in [6, 6.07) is 15.4. The Morgan fingerprint density at radius 3 is 2.81 bits per heavy atom. The van der Waals surface area contributed by atoms with Crippen LogP contribution in [0, 0.1) is 11.3 Å². The molecule has 3 heterocycles. The lowest BCUT2D eigenvalue weighted by molar-refractivity contribution is 0.536. The Kier molecular flexibility index (Phi) is 3.03. The van der Waals surface area contributed by atoms with Crippen LogP contribution in [0.25, 0.3) is 33.0 Å². The zero-order chi connectivity index (χ0) is 17.7. The molecule has 0 aliphatic rings. The first-order valence-electron chi connectivity index (χ1n) is 8.21. The van der Waals surface area contributed by atoms with Gasteiger partial charge in [0.15, 0.2) is 5.58 Å². The highest BCUT2D eigenvalue weighted by atomic mass is 16.3. The molecule has 0 saturated heterocycles. The summed E-state index contributed by atoms with van der Waals surface area (Å²) < 4.78 is 7.85. The average molecular weight is 339 g/mol. The van der Waals surface area contributed by atoms with Crippen molar-refractivity contribution in [1.29, 1.82) is 5.26 Å². The number of imidazole rings is 1. The molecule has 0 radical (unpaired) electrons. The Hall–Kier alpha value is -3.72. The first-order valence-corrected chi connectivity index (χ1v) is 8.21. The molecule has 0 saturated carbocycles. The monoisotopic (exact) mass is 339 g/mol. The molecule has 5 aromatic rings. The van der Waals surface area contributed by atoms with E-state index < -0.39 is 0 Å². The van der Waals surface area contributed by atoms with Gasteiger partial charge in [-0.05, 0) is 30.3 Å². The maximum Gasteiger partial charge on any atom is 0.203 e. The third kappa shape index (κ3) is 2.15. The van der Waals surface area contributed by atoms with E-state index >= 15 is 0 Å². The minimum atomic E-state index is 0.485. The number of oxazole rings is 1. The second-order valence-corrected chi connectivity index (χ2v) is 6.17. The summed E-state index contributed by atoms with van der Waals surface area (Å²) >= 11 is 0. The maximum absolute atomic E-state index is 9.19. The molecule has 124 valence electrons. The van der Waals surface area contributed by atoms with E-state index in [4.69, 9.17) is 9.40 Å². The number of hydrogen-bond acceptors (Lipinski definition) is 5. The Morgan fingerprint density at radius 1 is 1.08 bits per heavy atom. The molecular formula is C20H13N5O. The molecule has 6 heteroatoms. The van der Waals surface area contributed by atoms with Crippen molar-refractivity contribution in [3.63, 3.8) is 0 Å². The third-order valence-electron chi connectivity index (χ3n) is 4.57. The summed E-state index contributed by atoms with van der Waals surface area (Å²) in [4.78, 5) is 13.7. The van der Waals surface area contributed by atoms with Gasteiger partial charge in [-0.1, -0.05) is 12.1 Å². The zero-order valence-corrected chi connectivity index (χ0v) is 14.0. The van der Waals surface area contributed by atoms with E-state index in [0.717, 1.165) is 38.9 Å². The number of fused-ring (bicyclic) bond motifs is 4. The van der Waals surface area contributed by atoms with Gasteiger partial charge in [0, 0.05) is 12.4 Å². The molecule has 0 unspecified atom stereocenters. The molecule has 3 aromatic heterocycles. The summed E-state index contributed by atoms with van der Waals surface area (Å²) in [6.07, 6.45) is 2.25. The number of aryl methyl sites for hydroxylation is 1. The van der Waals surface area contributed by atoms with Crippen LogP contribution in [0.5, 0.6) is 0 Å². The maximum atomic E-state index is 9.19. The van der Waals surface area contributed by atoms with Crippen molar-refractivity contribution in [2.45, 2.75) is 6.42 Å². The van der Waals surface area contributed by atoms with Gasteiger partial charge in [0.1, 0.15) is 16.9 Å². The van der Waals surface area contributed by atoms with Gasteiger partial charge in [-0.3, -0.25) is 4.98 Å². The van der Waals surface area contributed by atoms with Crippen LogP contribution in [-0.4, -0.2) is 19.5 Å². The normalized spacial score (nSPS) is 11.4. The van der Waals surface area contributed by atoms with Crippen molar-refractivity contribution in [2.24, 2.45) is 7.05 Å². The smallest absolute Gasteiger partial charge is 0.203 e. The lowest BCUT2D eigenvalue weighted by Crippen LogP contribution is -1.99. The van der Waals surface area contributed by atoms with E-state index in [1.165, 1.54) is 0 Å². The number of para-hydroxylation sites is 2. The van der Waals surface area contributed by atoms with Gasteiger partial charge in [-0.25, -0.2) is 9.97 Å². The van der Waals surface area contributed by atoms with Crippen LogP contribution in [0.3, 0.4) is 0 Å². The minimum Gasteiger partial charge on any atom is -0.440 e. The summed E-state index contributed by atoms with van der Waals surface area (Å²) in [5.74, 6) is 1.46. The van der Waals surface area contributed by atoms with Crippen LogP contribution in [0.15, 0.2) is 53.1 Å². The highest BCUT2D eigenvalue weighted by Gasteiger charge is 2.15. The Morgan fingerprint density at radius 2 is 1.96 bits per heavy atom. The summed E-state index contributed by atoms with van der Waals surface area (Å²) in [5.41, 5.74) is 4.81. The standard InChI is InChI=1S/C20H13N5O/c1-25-18(9-19-24-15-4-2-3-5-17(15)26-19)23-16-11-22-14-7-6-12(10-21)8-13(14)20(16)25/h2-8,11H,9H2,1H3. The number of nitriles is 1. The fourth-order valence-corrected chi connectivity index (χ4v) is 3.30. The highest BCUT2D eigenvalue weighted by molar-refractivity contribution is 6.02. The molecular weight excluding hydrogens is 326 g/mol. The number of benzene rings is 2. The van der Waals surface area contributed by atoms with E-state index in [2.05, 4.69) is 16.0 Å². The predicted molar refractivity (Wildman–Crippen MR) is 97.5 cm³/mol. The molecule has 0 bridgehead atoms. The van der Waals surface area contributed by atoms with Crippen LogP contribution < -0.4 is 0 Å². The second-order valence-electron chi connectivity index (χ2n) is 6.17. The molecule has 6 nitrogen and oxygen atoms in total. The highest BCUT2D eigenvalue weighted by Crippen LogP contribution is 2.26. The fourth-order valence-electron chi connectivity index (χ4n) is 3.30. The Balaban J connectivity index is 1.67. The first kappa shape index (κ1) is 14.6. The Labute approximate surface area is 148 Å². The number of hydrogen-bond donors (Lipinski definition) is 0. The van der Waals surface area contributed by atoms with E-state index in [0.29, 0.717) is 17.9 Å². The van der Waals surface area contributed by atoms with Crippen LogP contribution in [0.1, 0.15) is 17.3 Å². The van der Waals surface area contributed by atoms with E-state index in [1.807, 2.05) is 48.0 Å². The first-order chi connectivity index (χ1) is 12.7. The summed E-state index contributed by atoms with van der Waals surface area (Å²) in [5, 5.41) is 10.1. The number of aromatic nitrogens is 4. The van der Waals surface area contributed by atoms with Gasteiger partial charge >= 0.3 is 0 Å². The lowest BCUT2D eigenvalue weighted by Gasteiger charge is -2.03. The average Bonchev–Trinajstić information content (AvgIpc) is 3.22. The predicted octanol–water partition coefficient (Wildman–Crippen LogP) is 3.73. The molecule has 0 N–H and O–H groups in total. The SMILES string of the molecule is Cn1c(Cc2nc3ccccc3o2)nc2cnc3ccc(C#N)cc3c21. The lowest BCUT2D eigenvalue weighted by atomic mass is 10.1. The van der Waals surface area contributed by atoms with Gasteiger partial charge in [-0.2, -0.15) is 5.26 Å². The van der Waals surface area contributed by atoms with E-state index in [1.54, 1.807) is 12.3 Å². The number of nitrogens with zero attached hydrogens (tertiary/aromatic N) is 5. The van der Waals surface area contributed by atoms with Crippen molar-refractivity contribution in [3.8, 4) is 6.07 Å². The van der Waals surface area contributed by atoms with Gasteiger partial charge in [0.2, 0.25) is 5.89 Å². The van der Waals surface area contributed by atoms with Crippen molar-refractivity contribution >= 4 is 33.0 Å². The van der Waals surface area contributed by atoms with Crippen molar-refractivity contribution in [3.05, 3.63) is 65.9 Å². The molecule has 0 atom stereocenters. The van der Waals surface area contributed by atoms with Gasteiger partial charge in [-0.15, -0.1) is 0 Å². The largest absolute Gasteiger partial charge is 0.440 e. The zero-order valence-electron chi connectivity index (χ0n) is 14.0. The molecule has 0 spiro atoms. The minimum absolute atomic E-state index is 0.485. The number of rotatable bonds is 2. The summed E-state index contributed by atoms with van der Waals surface area (Å²) in [7, 11) is 1.96. The quantitative estimate of drug-likeness (QED) is 0.489. The van der Waals surface area contributed by atoms with Gasteiger partial charge < -0.3 is 8.98 Å². The molecule has 0 amide bonds. The fraction of sp³-hybridized carbons (Fsp3) is 0.100. The molecule has 0 fully saturated rings. The topological polar surface area (TPSA) is 80.5 Å². The second kappa shape index (κ2) is 5.39. The van der Waals surface area contributed by atoms with Crippen LogP contribution in [0.2, 0.25) is 0 Å². The summed E-state index contributed by atoms with van der Waals surface area (Å²) in [6.45, 7) is 0. The van der Waals surface area contributed by atoms with Crippen molar-refractivity contribution in [2.75, 3.05) is 0 Å². The van der Waals surface area contributed by atoms with Crippen LogP contribution in [0.4, 0.5) is 0 Å². The molecule has 0 aliphatic heterocycles. The third-order valence-corrected chi connectivity index (χ3v) is 4.57. The Bertz CT molecular complexity index is 1310. The van der Waals surface area contributed by atoms with Crippen molar-refractivity contribution in [1.82, 2.24) is 19.5 Å². The van der Waals surface area contributed by atoms with E-state index in [9.17, 15) is 5.26 Å².